The zero-order valence-corrected chi connectivity index (χ0v) is 18.8. The molecule has 0 saturated carbocycles. The van der Waals surface area contributed by atoms with E-state index in [4.69, 9.17) is 21.0 Å². The van der Waals surface area contributed by atoms with Crippen molar-refractivity contribution in [2.24, 2.45) is 16.6 Å². The fraction of sp³-hybridized carbons (Fsp3) is 0.263. The lowest BCUT2D eigenvalue weighted by Crippen LogP contribution is -2.42. The van der Waals surface area contributed by atoms with Gasteiger partial charge < -0.3 is 26.1 Å². The summed E-state index contributed by atoms with van der Waals surface area (Å²) in [6.45, 7) is 0.650. The Hall–Kier alpha value is -2.83. The van der Waals surface area contributed by atoms with E-state index in [0.717, 1.165) is 0 Å². The van der Waals surface area contributed by atoms with Crippen LogP contribution in [0.25, 0.3) is 0 Å². The SMILES string of the molecule is NC(N)=NOCCCOc1ccc(CC(NS(=O)(=O)c2ccccc2Br)C(=O)O)cc1. The summed E-state index contributed by atoms with van der Waals surface area (Å²) >= 11 is 3.17. The average Bonchev–Trinajstić information content (AvgIpc) is 2.71. The van der Waals surface area contributed by atoms with Crippen LogP contribution in [0.1, 0.15) is 12.0 Å². The number of aliphatic carboxylic acids is 1. The molecule has 0 aromatic heterocycles. The van der Waals surface area contributed by atoms with Gasteiger partial charge >= 0.3 is 5.97 Å². The minimum atomic E-state index is -4.03. The fourth-order valence-electron chi connectivity index (χ4n) is 2.48. The molecule has 0 saturated heterocycles. The van der Waals surface area contributed by atoms with Crippen molar-refractivity contribution in [3.8, 4) is 5.75 Å². The molecule has 12 heteroatoms. The normalized spacial score (nSPS) is 12.0. The predicted octanol–water partition coefficient (Wildman–Crippen LogP) is 1.40. The van der Waals surface area contributed by atoms with Crippen molar-refractivity contribution in [1.29, 1.82) is 0 Å². The lowest BCUT2D eigenvalue weighted by Gasteiger charge is -2.16. The van der Waals surface area contributed by atoms with Crippen LogP contribution in [0.3, 0.4) is 0 Å². The minimum Gasteiger partial charge on any atom is -0.493 e. The maximum atomic E-state index is 12.6. The van der Waals surface area contributed by atoms with Gasteiger partial charge in [-0.3, -0.25) is 4.79 Å². The van der Waals surface area contributed by atoms with Gasteiger partial charge in [0.1, 0.15) is 18.4 Å². The molecule has 0 aliphatic carbocycles. The van der Waals surface area contributed by atoms with Crippen LogP contribution in [0.4, 0.5) is 0 Å². The second-order valence-electron chi connectivity index (χ2n) is 6.34. The van der Waals surface area contributed by atoms with Gasteiger partial charge in [0.2, 0.25) is 16.0 Å². The number of carboxylic acid groups (broad SMARTS) is 1. The molecule has 168 valence electrons. The first-order chi connectivity index (χ1) is 14.7. The van der Waals surface area contributed by atoms with Gasteiger partial charge in [-0.2, -0.15) is 4.72 Å². The van der Waals surface area contributed by atoms with E-state index in [0.29, 0.717) is 28.8 Å². The third-order valence-electron chi connectivity index (χ3n) is 3.90. The van der Waals surface area contributed by atoms with Crippen LogP contribution in [-0.4, -0.2) is 44.7 Å². The number of hydrogen-bond acceptors (Lipinski definition) is 6. The van der Waals surface area contributed by atoms with E-state index >= 15 is 0 Å². The van der Waals surface area contributed by atoms with Crippen molar-refractivity contribution >= 4 is 37.9 Å². The highest BCUT2D eigenvalue weighted by Gasteiger charge is 2.26. The van der Waals surface area contributed by atoms with Gasteiger partial charge in [0.25, 0.3) is 0 Å². The molecule has 31 heavy (non-hydrogen) atoms. The summed E-state index contributed by atoms with van der Waals surface area (Å²) in [6.07, 6.45) is 0.516. The van der Waals surface area contributed by atoms with Crippen LogP contribution in [0, 0.1) is 0 Å². The van der Waals surface area contributed by atoms with Gasteiger partial charge in [-0.25, -0.2) is 8.42 Å². The van der Waals surface area contributed by atoms with E-state index < -0.39 is 22.0 Å². The molecule has 0 heterocycles. The van der Waals surface area contributed by atoms with E-state index in [-0.39, 0.29) is 23.9 Å². The summed E-state index contributed by atoms with van der Waals surface area (Å²) in [4.78, 5) is 16.4. The van der Waals surface area contributed by atoms with Crippen LogP contribution in [0.15, 0.2) is 63.1 Å². The Morgan fingerprint density at radius 3 is 2.42 bits per heavy atom. The summed E-state index contributed by atoms with van der Waals surface area (Å²) in [5.41, 5.74) is 10.9. The number of guanidine groups is 1. The number of ether oxygens (including phenoxy) is 1. The number of carbonyl (C=O) groups is 1. The van der Waals surface area contributed by atoms with Crippen LogP contribution < -0.4 is 20.9 Å². The van der Waals surface area contributed by atoms with Crippen LogP contribution in [0.2, 0.25) is 0 Å². The second kappa shape index (κ2) is 11.5. The summed E-state index contributed by atoms with van der Waals surface area (Å²) in [5, 5.41) is 12.9. The van der Waals surface area contributed by atoms with Gasteiger partial charge in [0.05, 0.1) is 11.5 Å². The predicted molar refractivity (Wildman–Crippen MR) is 118 cm³/mol. The number of sulfonamides is 1. The first-order valence-corrected chi connectivity index (χ1v) is 11.4. The Kier molecular flexibility index (Phi) is 9.09. The highest BCUT2D eigenvalue weighted by atomic mass is 79.9. The lowest BCUT2D eigenvalue weighted by atomic mass is 10.1. The smallest absolute Gasteiger partial charge is 0.322 e. The molecule has 0 spiro atoms. The maximum Gasteiger partial charge on any atom is 0.322 e. The molecule has 0 amide bonds. The standard InChI is InChI=1S/C19H23BrN4O6S/c20-15-4-1-2-5-17(15)31(27,28)24-16(18(25)26)12-13-6-8-14(9-7-13)29-10-3-11-30-23-19(21)22/h1-2,4-9,16,24H,3,10-12H2,(H,25,26)(H4,21,22,23). The van der Waals surface area contributed by atoms with Gasteiger partial charge in [-0.1, -0.05) is 24.3 Å². The topological polar surface area (TPSA) is 166 Å². The van der Waals surface area contributed by atoms with Crippen LogP contribution in [0.5, 0.6) is 5.75 Å². The molecule has 2 rings (SSSR count). The van der Waals surface area contributed by atoms with Crippen LogP contribution in [-0.2, 0) is 26.1 Å². The van der Waals surface area contributed by atoms with Crippen molar-refractivity contribution in [1.82, 2.24) is 4.72 Å². The Balaban J connectivity index is 1.94. The number of nitrogens with zero attached hydrogens (tertiary/aromatic N) is 1. The lowest BCUT2D eigenvalue weighted by molar-refractivity contribution is -0.138. The van der Waals surface area contributed by atoms with Gasteiger partial charge in [0, 0.05) is 10.9 Å². The molecule has 0 fully saturated rings. The van der Waals surface area contributed by atoms with Crippen molar-refractivity contribution in [2.75, 3.05) is 13.2 Å². The molecule has 1 atom stereocenters. The van der Waals surface area contributed by atoms with Crippen molar-refractivity contribution < 1.29 is 27.9 Å². The monoisotopic (exact) mass is 514 g/mol. The Morgan fingerprint density at radius 2 is 1.81 bits per heavy atom. The molecule has 1 unspecified atom stereocenters. The van der Waals surface area contributed by atoms with E-state index in [1.807, 2.05) is 0 Å². The highest BCUT2D eigenvalue weighted by molar-refractivity contribution is 9.10. The number of halogens is 1. The second-order valence-corrected chi connectivity index (χ2v) is 8.88. The molecule has 0 aliphatic heterocycles. The quantitative estimate of drug-likeness (QED) is 0.142. The number of oxime groups is 1. The number of benzene rings is 2. The molecule has 10 nitrogen and oxygen atoms in total. The van der Waals surface area contributed by atoms with Gasteiger partial charge in [-0.05, 0) is 57.3 Å². The van der Waals surface area contributed by atoms with Crippen molar-refractivity contribution in [3.05, 3.63) is 58.6 Å². The van der Waals surface area contributed by atoms with Gasteiger partial charge in [0.15, 0.2) is 0 Å². The van der Waals surface area contributed by atoms with Crippen molar-refractivity contribution in [2.45, 2.75) is 23.8 Å². The summed E-state index contributed by atoms with van der Waals surface area (Å²) in [7, 11) is -4.03. The molecular formula is C19H23BrN4O6S. The third-order valence-corrected chi connectivity index (χ3v) is 6.39. The fourth-order valence-corrected chi connectivity index (χ4v) is 4.68. The molecule has 0 radical (unpaired) electrons. The van der Waals surface area contributed by atoms with E-state index in [9.17, 15) is 18.3 Å². The summed E-state index contributed by atoms with van der Waals surface area (Å²) in [5.74, 6) is -0.863. The van der Waals surface area contributed by atoms with E-state index in [1.54, 1.807) is 42.5 Å². The first-order valence-electron chi connectivity index (χ1n) is 9.11. The number of nitrogens with two attached hydrogens (primary N) is 2. The maximum absolute atomic E-state index is 12.6. The largest absolute Gasteiger partial charge is 0.493 e. The Labute approximate surface area is 188 Å². The Morgan fingerprint density at radius 1 is 1.13 bits per heavy atom. The molecular weight excluding hydrogens is 492 g/mol. The molecule has 0 bridgehead atoms. The highest BCUT2D eigenvalue weighted by Crippen LogP contribution is 2.22. The number of hydrogen-bond donors (Lipinski definition) is 4. The molecule has 2 aromatic carbocycles. The molecule has 0 aliphatic rings. The van der Waals surface area contributed by atoms with E-state index in [2.05, 4.69) is 25.8 Å². The number of rotatable bonds is 12. The number of nitrogens with one attached hydrogen (secondary N) is 1. The average molecular weight is 515 g/mol. The molecule has 2 aromatic rings. The first kappa shape index (κ1) is 24.4. The van der Waals surface area contributed by atoms with Crippen LogP contribution >= 0.6 is 15.9 Å². The number of carboxylic acids is 1. The zero-order valence-electron chi connectivity index (χ0n) is 16.4. The Bertz CT molecular complexity index is 1010. The summed E-state index contributed by atoms with van der Waals surface area (Å²) < 4.78 is 33.3. The summed E-state index contributed by atoms with van der Waals surface area (Å²) in [6, 6.07) is 11.5. The minimum absolute atomic E-state index is 0.0335. The third kappa shape index (κ3) is 8.07. The van der Waals surface area contributed by atoms with Gasteiger partial charge in [-0.15, -0.1) is 0 Å². The molecule has 6 N–H and O–H groups in total. The van der Waals surface area contributed by atoms with Crippen molar-refractivity contribution in [3.63, 3.8) is 0 Å². The zero-order chi connectivity index (χ0) is 22.9. The van der Waals surface area contributed by atoms with E-state index in [1.165, 1.54) is 6.07 Å².